The summed E-state index contributed by atoms with van der Waals surface area (Å²) in [6, 6.07) is 8.76. The SMILES string of the molecule is COc1cc(OC)c(C(=O)Nc2cccc(F)c2)c(OC)c1. The van der Waals surface area contributed by atoms with Crippen LogP contribution in [0.3, 0.4) is 0 Å². The van der Waals surface area contributed by atoms with E-state index >= 15 is 0 Å². The molecule has 0 spiro atoms. The number of carbonyl (C=O) groups excluding carboxylic acids is 1. The third-order valence-corrected chi connectivity index (χ3v) is 3.02. The molecule has 0 aromatic heterocycles. The molecule has 0 bridgehead atoms. The van der Waals surface area contributed by atoms with E-state index < -0.39 is 11.7 Å². The first kappa shape index (κ1) is 15.6. The molecule has 2 rings (SSSR count). The Morgan fingerprint density at radius 3 is 2.14 bits per heavy atom. The highest BCUT2D eigenvalue weighted by Gasteiger charge is 2.20. The standard InChI is InChI=1S/C16H16FNO4/c1-20-12-8-13(21-2)15(14(9-12)22-3)16(19)18-11-6-4-5-10(17)7-11/h4-9H,1-3H3,(H,18,19). The summed E-state index contributed by atoms with van der Waals surface area (Å²) in [5.41, 5.74) is 0.542. The highest BCUT2D eigenvalue weighted by atomic mass is 19.1. The highest BCUT2D eigenvalue weighted by Crippen LogP contribution is 2.34. The van der Waals surface area contributed by atoms with E-state index in [4.69, 9.17) is 14.2 Å². The molecule has 0 heterocycles. The van der Waals surface area contributed by atoms with Crippen molar-refractivity contribution in [2.75, 3.05) is 26.6 Å². The molecule has 0 aliphatic heterocycles. The van der Waals surface area contributed by atoms with Crippen molar-refractivity contribution in [3.63, 3.8) is 0 Å². The van der Waals surface area contributed by atoms with Gasteiger partial charge in [0, 0.05) is 17.8 Å². The van der Waals surface area contributed by atoms with Crippen LogP contribution in [0.1, 0.15) is 10.4 Å². The number of methoxy groups -OCH3 is 3. The molecule has 5 nitrogen and oxygen atoms in total. The van der Waals surface area contributed by atoms with E-state index in [1.807, 2.05) is 0 Å². The van der Waals surface area contributed by atoms with E-state index in [0.717, 1.165) is 0 Å². The van der Waals surface area contributed by atoms with Gasteiger partial charge in [0.25, 0.3) is 5.91 Å². The third kappa shape index (κ3) is 3.28. The summed E-state index contributed by atoms with van der Waals surface area (Å²) in [6.45, 7) is 0. The summed E-state index contributed by atoms with van der Waals surface area (Å²) in [4.78, 5) is 12.5. The first-order valence-corrected chi connectivity index (χ1v) is 6.46. The topological polar surface area (TPSA) is 56.8 Å². The van der Waals surface area contributed by atoms with Gasteiger partial charge in [-0.2, -0.15) is 0 Å². The molecule has 0 unspecified atom stereocenters. The fourth-order valence-corrected chi connectivity index (χ4v) is 1.99. The van der Waals surface area contributed by atoms with Crippen molar-refractivity contribution in [1.29, 1.82) is 0 Å². The minimum atomic E-state index is -0.470. The number of hydrogen-bond donors (Lipinski definition) is 1. The maximum atomic E-state index is 13.2. The number of ether oxygens (including phenoxy) is 3. The fraction of sp³-hybridized carbons (Fsp3) is 0.188. The van der Waals surface area contributed by atoms with Gasteiger partial charge in [0.1, 0.15) is 28.6 Å². The number of rotatable bonds is 5. The molecule has 0 atom stereocenters. The van der Waals surface area contributed by atoms with Crippen LogP contribution in [0.15, 0.2) is 36.4 Å². The van der Waals surface area contributed by atoms with Crippen molar-refractivity contribution in [2.45, 2.75) is 0 Å². The quantitative estimate of drug-likeness (QED) is 0.922. The van der Waals surface area contributed by atoms with Crippen LogP contribution in [0.2, 0.25) is 0 Å². The molecule has 0 saturated heterocycles. The predicted octanol–water partition coefficient (Wildman–Crippen LogP) is 3.10. The van der Waals surface area contributed by atoms with E-state index in [-0.39, 0.29) is 5.56 Å². The molecule has 2 aromatic carbocycles. The number of amides is 1. The second kappa shape index (κ2) is 6.80. The molecule has 0 radical (unpaired) electrons. The Morgan fingerprint density at radius 1 is 1.00 bits per heavy atom. The number of benzene rings is 2. The number of nitrogens with one attached hydrogen (secondary N) is 1. The molecular weight excluding hydrogens is 289 g/mol. The van der Waals surface area contributed by atoms with Gasteiger partial charge in [-0.15, -0.1) is 0 Å². The van der Waals surface area contributed by atoms with Crippen LogP contribution in [-0.4, -0.2) is 27.2 Å². The van der Waals surface area contributed by atoms with Gasteiger partial charge >= 0.3 is 0 Å². The van der Waals surface area contributed by atoms with Crippen molar-refractivity contribution in [3.8, 4) is 17.2 Å². The van der Waals surface area contributed by atoms with E-state index in [0.29, 0.717) is 22.9 Å². The Balaban J connectivity index is 2.39. The summed E-state index contributed by atoms with van der Waals surface area (Å²) >= 11 is 0. The zero-order chi connectivity index (χ0) is 16.1. The lowest BCUT2D eigenvalue weighted by Crippen LogP contribution is -2.15. The van der Waals surface area contributed by atoms with Gasteiger partial charge < -0.3 is 19.5 Å². The Kier molecular flexibility index (Phi) is 4.83. The van der Waals surface area contributed by atoms with Crippen LogP contribution < -0.4 is 19.5 Å². The lowest BCUT2D eigenvalue weighted by Gasteiger charge is -2.15. The Hall–Kier alpha value is -2.76. The van der Waals surface area contributed by atoms with Crippen molar-refractivity contribution >= 4 is 11.6 Å². The van der Waals surface area contributed by atoms with Gasteiger partial charge in [-0.25, -0.2) is 4.39 Å². The summed E-state index contributed by atoms with van der Waals surface area (Å²) in [6.07, 6.45) is 0. The van der Waals surface area contributed by atoms with Crippen LogP contribution in [-0.2, 0) is 0 Å². The monoisotopic (exact) mass is 305 g/mol. The van der Waals surface area contributed by atoms with E-state index in [2.05, 4.69) is 5.32 Å². The molecular formula is C16H16FNO4. The van der Waals surface area contributed by atoms with Crippen molar-refractivity contribution in [2.24, 2.45) is 0 Å². The molecule has 22 heavy (non-hydrogen) atoms. The number of hydrogen-bond acceptors (Lipinski definition) is 4. The van der Waals surface area contributed by atoms with Crippen molar-refractivity contribution in [1.82, 2.24) is 0 Å². The summed E-state index contributed by atoms with van der Waals surface area (Å²) in [7, 11) is 4.38. The second-order valence-electron chi connectivity index (χ2n) is 4.37. The molecule has 2 aromatic rings. The lowest BCUT2D eigenvalue weighted by atomic mass is 10.1. The van der Waals surface area contributed by atoms with Crippen LogP contribution in [0.5, 0.6) is 17.2 Å². The van der Waals surface area contributed by atoms with Crippen LogP contribution >= 0.6 is 0 Å². The minimum Gasteiger partial charge on any atom is -0.496 e. The number of halogens is 1. The molecule has 6 heteroatoms. The first-order chi connectivity index (χ1) is 10.6. The summed E-state index contributed by atoms with van der Waals surface area (Å²) in [5, 5.41) is 2.61. The van der Waals surface area contributed by atoms with Gasteiger partial charge in [-0.1, -0.05) is 6.07 Å². The molecule has 1 N–H and O–H groups in total. The predicted molar refractivity (Wildman–Crippen MR) is 80.5 cm³/mol. The molecule has 0 saturated carbocycles. The van der Waals surface area contributed by atoms with Gasteiger partial charge in [0.2, 0.25) is 0 Å². The minimum absolute atomic E-state index is 0.204. The lowest BCUT2D eigenvalue weighted by molar-refractivity contribution is 0.102. The average Bonchev–Trinajstić information content (AvgIpc) is 2.53. The first-order valence-electron chi connectivity index (χ1n) is 6.46. The summed E-state index contributed by atoms with van der Waals surface area (Å²) < 4.78 is 28.8. The van der Waals surface area contributed by atoms with Gasteiger partial charge in [0.15, 0.2) is 0 Å². The molecule has 1 amide bonds. The van der Waals surface area contributed by atoms with Crippen molar-refractivity contribution in [3.05, 3.63) is 47.8 Å². The molecule has 0 aliphatic rings. The zero-order valence-electron chi connectivity index (χ0n) is 12.5. The van der Waals surface area contributed by atoms with E-state index in [1.54, 1.807) is 18.2 Å². The molecule has 116 valence electrons. The van der Waals surface area contributed by atoms with Crippen LogP contribution in [0.25, 0.3) is 0 Å². The zero-order valence-corrected chi connectivity index (χ0v) is 12.5. The third-order valence-electron chi connectivity index (χ3n) is 3.02. The smallest absolute Gasteiger partial charge is 0.263 e. The van der Waals surface area contributed by atoms with E-state index in [9.17, 15) is 9.18 Å². The largest absolute Gasteiger partial charge is 0.496 e. The number of anilines is 1. The summed E-state index contributed by atoms with van der Waals surface area (Å²) in [5.74, 6) is 0.180. The van der Waals surface area contributed by atoms with Crippen molar-refractivity contribution < 1.29 is 23.4 Å². The Labute approximate surface area is 127 Å². The number of carbonyl (C=O) groups is 1. The second-order valence-corrected chi connectivity index (χ2v) is 4.37. The van der Waals surface area contributed by atoms with E-state index in [1.165, 1.54) is 39.5 Å². The Bertz CT molecular complexity index is 663. The van der Waals surface area contributed by atoms with Crippen LogP contribution in [0.4, 0.5) is 10.1 Å². The van der Waals surface area contributed by atoms with Gasteiger partial charge in [-0.3, -0.25) is 4.79 Å². The van der Waals surface area contributed by atoms with Crippen LogP contribution in [0, 0.1) is 5.82 Å². The maximum absolute atomic E-state index is 13.2. The Morgan fingerprint density at radius 2 is 1.64 bits per heavy atom. The maximum Gasteiger partial charge on any atom is 0.263 e. The average molecular weight is 305 g/mol. The van der Waals surface area contributed by atoms with Gasteiger partial charge in [0.05, 0.1) is 21.3 Å². The highest BCUT2D eigenvalue weighted by molar-refractivity contribution is 6.08. The molecule has 0 fully saturated rings. The molecule has 0 aliphatic carbocycles. The van der Waals surface area contributed by atoms with Gasteiger partial charge in [-0.05, 0) is 18.2 Å². The fourth-order valence-electron chi connectivity index (χ4n) is 1.99. The normalized spacial score (nSPS) is 10.0.